The first-order valence-electron chi connectivity index (χ1n) is 7.85. The number of urea groups is 1. The highest BCUT2D eigenvalue weighted by Gasteiger charge is 2.25. The van der Waals surface area contributed by atoms with E-state index >= 15 is 0 Å². The van der Waals surface area contributed by atoms with Gasteiger partial charge in [-0.1, -0.05) is 6.07 Å². The number of pyridine rings is 1. The molecule has 1 aromatic rings. The van der Waals surface area contributed by atoms with Gasteiger partial charge in [0.05, 0.1) is 12.2 Å². The topological polar surface area (TPSA) is 83.6 Å². The third kappa shape index (κ3) is 5.52. The van der Waals surface area contributed by atoms with Gasteiger partial charge >= 0.3 is 6.03 Å². The quantitative estimate of drug-likeness (QED) is 0.881. The molecule has 2 atom stereocenters. The summed E-state index contributed by atoms with van der Waals surface area (Å²) in [4.78, 5) is 29.7. The Labute approximate surface area is 136 Å². The van der Waals surface area contributed by atoms with Crippen molar-refractivity contribution in [2.75, 3.05) is 25.0 Å². The van der Waals surface area contributed by atoms with E-state index in [9.17, 15) is 9.59 Å². The second-order valence-electron chi connectivity index (χ2n) is 5.91. The maximum Gasteiger partial charge on any atom is 0.317 e. The van der Waals surface area contributed by atoms with Crippen LogP contribution < -0.4 is 10.6 Å². The number of rotatable bonds is 4. The fourth-order valence-corrected chi connectivity index (χ4v) is 2.49. The lowest BCUT2D eigenvalue weighted by atomic mass is 10.2. The number of nitrogens with zero attached hydrogens (tertiary/aromatic N) is 2. The lowest BCUT2D eigenvalue weighted by Crippen LogP contribution is -2.51. The summed E-state index contributed by atoms with van der Waals surface area (Å²) in [7, 11) is 0. The summed E-state index contributed by atoms with van der Waals surface area (Å²) in [6.07, 6.45) is 1.95. The van der Waals surface area contributed by atoms with Crippen LogP contribution >= 0.6 is 0 Å². The molecule has 1 fully saturated rings. The summed E-state index contributed by atoms with van der Waals surface area (Å²) in [5.41, 5.74) is 1.03. The lowest BCUT2D eigenvalue weighted by Gasteiger charge is -2.35. The molecule has 23 heavy (non-hydrogen) atoms. The highest BCUT2D eigenvalue weighted by atomic mass is 16.5. The largest absolute Gasteiger partial charge is 0.372 e. The molecule has 1 aliphatic rings. The number of ether oxygens (including phenoxy) is 1. The molecule has 2 heterocycles. The maximum absolute atomic E-state index is 12.1. The highest BCUT2D eigenvalue weighted by Crippen LogP contribution is 2.10. The monoisotopic (exact) mass is 320 g/mol. The molecule has 0 radical (unpaired) electrons. The number of aromatic nitrogens is 1. The molecule has 3 amide bonds. The van der Waals surface area contributed by atoms with Crippen molar-refractivity contribution in [1.82, 2.24) is 15.2 Å². The Morgan fingerprint density at radius 1 is 1.30 bits per heavy atom. The molecule has 0 spiro atoms. The summed E-state index contributed by atoms with van der Waals surface area (Å²) < 4.78 is 5.59. The molecule has 0 aliphatic carbocycles. The van der Waals surface area contributed by atoms with E-state index < -0.39 is 0 Å². The number of carbonyl (C=O) groups is 2. The first-order chi connectivity index (χ1) is 10.9. The summed E-state index contributed by atoms with van der Waals surface area (Å²) in [6.45, 7) is 7.24. The van der Waals surface area contributed by atoms with E-state index in [1.165, 1.54) is 0 Å². The van der Waals surface area contributed by atoms with E-state index in [0.717, 1.165) is 5.56 Å². The van der Waals surface area contributed by atoms with Gasteiger partial charge in [0.2, 0.25) is 5.91 Å². The van der Waals surface area contributed by atoms with Crippen LogP contribution in [0.2, 0.25) is 0 Å². The molecule has 7 heteroatoms. The number of carbonyl (C=O) groups excluding carboxylic acids is 2. The van der Waals surface area contributed by atoms with Gasteiger partial charge in [-0.25, -0.2) is 9.78 Å². The SMILES string of the molecule is Cc1ccc(NC(=O)CCNC(=O)N2C[C@@H](C)O[C@@H](C)C2)nc1. The molecule has 0 bridgehead atoms. The van der Waals surface area contributed by atoms with Gasteiger partial charge in [0.25, 0.3) is 0 Å². The van der Waals surface area contributed by atoms with E-state index in [0.29, 0.717) is 18.9 Å². The van der Waals surface area contributed by atoms with Crippen molar-refractivity contribution < 1.29 is 14.3 Å². The zero-order valence-corrected chi connectivity index (χ0v) is 13.8. The highest BCUT2D eigenvalue weighted by molar-refractivity contribution is 5.90. The molecule has 1 aliphatic heterocycles. The third-order valence-electron chi connectivity index (χ3n) is 3.51. The fourth-order valence-electron chi connectivity index (χ4n) is 2.49. The van der Waals surface area contributed by atoms with Crippen LogP contribution in [0.4, 0.5) is 10.6 Å². The molecular weight excluding hydrogens is 296 g/mol. The Morgan fingerprint density at radius 3 is 2.61 bits per heavy atom. The smallest absolute Gasteiger partial charge is 0.317 e. The molecule has 2 N–H and O–H groups in total. The van der Waals surface area contributed by atoms with Crippen molar-refractivity contribution in [1.29, 1.82) is 0 Å². The third-order valence-corrected chi connectivity index (χ3v) is 3.51. The minimum Gasteiger partial charge on any atom is -0.372 e. The minimum absolute atomic E-state index is 0.0282. The molecule has 2 rings (SSSR count). The van der Waals surface area contributed by atoms with Crippen LogP contribution in [0.25, 0.3) is 0 Å². The van der Waals surface area contributed by atoms with Crippen molar-refractivity contribution in [3.05, 3.63) is 23.9 Å². The van der Waals surface area contributed by atoms with Crippen LogP contribution in [0.1, 0.15) is 25.8 Å². The molecular formula is C16H24N4O3. The van der Waals surface area contributed by atoms with E-state index in [-0.39, 0.29) is 37.1 Å². The summed E-state index contributed by atoms with van der Waals surface area (Å²) in [5.74, 6) is 0.341. The van der Waals surface area contributed by atoms with Crippen LogP contribution in [-0.4, -0.2) is 53.7 Å². The van der Waals surface area contributed by atoms with Gasteiger partial charge < -0.3 is 20.3 Å². The van der Waals surface area contributed by atoms with Crippen molar-refractivity contribution in [3.8, 4) is 0 Å². The van der Waals surface area contributed by atoms with E-state index in [1.54, 1.807) is 17.2 Å². The number of amides is 3. The molecule has 1 saturated heterocycles. The normalized spacial score (nSPS) is 20.9. The van der Waals surface area contributed by atoms with Gasteiger partial charge in [-0.2, -0.15) is 0 Å². The zero-order chi connectivity index (χ0) is 16.8. The molecule has 0 unspecified atom stereocenters. The number of anilines is 1. The average molecular weight is 320 g/mol. The predicted molar refractivity (Wildman–Crippen MR) is 87.2 cm³/mol. The van der Waals surface area contributed by atoms with Crippen LogP contribution in [-0.2, 0) is 9.53 Å². The van der Waals surface area contributed by atoms with Crippen LogP contribution in [0, 0.1) is 6.92 Å². The summed E-state index contributed by atoms with van der Waals surface area (Å²) in [5, 5.41) is 5.47. The van der Waals surface area contributed by atoms with Crippen LogP contribution in [0.3, 0.4) is 0 Å². The standard InChI is InChI=1S/C16H24N4O3/c1-11-4-5-14(18-8-11)19-15(21)6-7-17-16(22)20-9-12(2)23-13(3)10-20/h4-5,8,12-13H,6-7,9-10H2,1-3H3,(H,17,22)(H,18,19,21)/t12-,13+. The minimum atomic E-state index is -0.176. The Bertz CT molecular complexity index is 537. The molecule has 126 valence electrons. The molecule has 7 nitrogen and oxygen atoms in total. The Kier molecular flexibility index (Phi) is 5.92. The number of aryl methyl sites for hydroxylation is 1. The number of hydrogen-bond donors (Lipinski definition) is 2. The Hall–Kier alpha value is -2.15. The van der Waals surface area contributed by atoms with Crippen molar-refractivity contribution >= 4 is 17.8 Å². The Balaban J connectivity index is 1.70. The maximum atomic E-state index is 12.1. The van der Waals surface area contributed by atoms with E-state index in [4.69, 9.17) is 4.74 Å². The van der Waals surface area contributed by atoms with Crippen molar-refractivity contribution in [2.24, 2.45) is 0 Å². The van der Waals surface area contributed by atoms with Crippen LogP contribution in [0.5, 0.6) is 0 Å². The first kappa shape index (κ1) is 17.2. The number of hydrogen-bond acceptors (Lipinski definition) is 4. The average Bonchev–Trinajstić information content (AvgIpc) is 2.48. The van der Waals surface area contributed by atoms with Crippen molar-refractivity contribution in [3.63, 3.8) is 0 Å². The number of nitrogens with one attached hydrogen (secondary N) is 2. The van der Waals surface area contributed by atoms with E-state index in [2.05, 4.69) is 15.6 Å². The predicted octanol–water partition coefficient (Wildman–Crippen LogP) is 1.54. The van der Waals surface area contributed by atoms with Gasteiger partial charge in [0.15, 0.2) is 0 Å². The fraction of sp³-hybridized carbons (Fsp3) is 0.562. The van der Waals surface area contributed by atoms with Crippen molar-refractivity contribution in [2.45, 2.75) is 39.4 Å². The van der Waals surface area contributed by atoms with Crippen LogP contribution in [0.15, 0.2) is 18.3 Å². The van der Waals surface area contributed by atoms with Gasteiger partial charge in [0, 0.05) is 32.3 Å². The lowest BCUT2D eigenvalue weighted by molar-refractivity contribution is -0.116. The second-order valence-corrected chi connectivity index (χ2v) is 5.91. The number of morpholine rings is 1. The van der Waals surface area contributed by atoms with Gasteiger partial charge in [0.1, 0.15) is 5.82 Å². The Morgan fingerprint density at radius 2 is 2.00 bits per heavy atom. The van der Waals surface area contributed by atoms with Gasteiger partial charge in [-0.05, 0) is 32.4 Å². The summed E-state index contributed by atoms with van der Waals surface area (Å²) in [6, 6.07) is 3.47. The summed E-state index contributed by atoms with van der Waals surface area (Å²) >= 11 is 0. The van der Waals surface area contributed by atoms with Gasteiger partial charge in [-0.3, -0.25) is 4.79 Å². The molecule has 0 aromatic carbocycles. The molecule has 1 aromatic heterocycles. The first-order valence-corrected chi connectivity index (χ1v) is 7.85. The zero-order valence-electron chi connectivity index (χ0n) is 13.8. The van der Waals surface area contributed by atoms with Gasteiger partial charge in [-0.15, -0.1) is 0 Å². The second kappa shape index (κ2) is 7.92. The molecule has 0 saturated carbocycles. The van der Waals surface area contributed by atoms with E-state index in [1.807, 2.05) is 26.8 Å².